The number of aliphatic hydroxyl groups is 2. The molecule has 0 fully saturated rings. The molecule has 0 aliphatic rings. The first-order valence-corrected chi connectivity index (χ1v) is 28.9. The molecule has 64 heavy (non-hydrogen) atoms. The van der Waals surface area contributed by atoms with Crippen LogP contribution in [0.15, 0.2) is 12.2 Å². The molecular weight excluding hydrogens is 791 g/mol. The summed E-state index contributed by atoms with van der Waals surface area (Å²) in [5, 5.41) is 23.3. The maximum Gasteiger partial charge on any atom is 0.305 e. The largest absolute Gasteiger partial charge is 0.466 e. The Morgan fingerprint density at radius 3 is 1.16 bits per heavy atom. The second-order valence-electron chi connectivity index (χ2n) is 20.0. The zero-order valence-corrected chi connectivity index (χ0v) is 43.3. The molecule has 0 bridgehead atoms. The second kappa shape index (κ2) is 54.2. The molecule has 0 aromatic heterocycles. The zero-order chi connectivity index (χ0) is 46.5. The van der Waals surface area contributed by atoms with Gasteiger partial charge in [-0.15, -0.1) is 0 Å². The van der Waals surface area contributed by atoms with Gasteiger partial charge in [0.1, 0.15) is 0 Å². The normalized spacial score (nSPS) is 12.6. The minimum absolute atomic E-state index is 0.00000950. The Kier molecular flexibility index (Phi) is 53.0. The predicted octanol–water partition coefficient (Wildman–Crippen LogP) is 17.7. The van der Waals surface area contributed by atoms with Crippen molar-refractivity contribution in [3.05, 3.63) is 12.2 Å². The van der Waals surface area contributed by atoms with Gasteiger partial charge in [-0.3, -0.25) is 9.59 Å². The molecular formula is C58H113NO5. The van der Waals surface area contributed by atoms with Crippen LogP contribution in [0.1, 0.15) is 322 Å². The fourth-order valence-corrected chi connectivity index (χ4v) is 9.09. The van der Waals surface area contributed by atoms with Gasteiger partial charge in [0.05, 0.1) is 25.4 Å². The zero-order valence-electron chi connectivity index (χ0n) is 43.3. The van der Waals surface area contributed by atoms with Crippen LogP contribution >= 0.6 is 0 Å². The molecule has 0 saturated heterocycles. The lowest BCUT2D eigenvalue weighted by molar-refractivity contribution is -0.143. The summed E-state index contributed by atoms with van der Waals surface area (Å²) in [5.41, 5.74) is 0. The summed E-state index contributed by atoms with van der Waals surface area (Å²) in [6.45, 7) is 4.93. The van der Waals surface area contributed by atoms with Gasteiger partial charge >= 0.3 is 5.97 Å². The topological polar surface area (TPSA) is 95.9 Å². The van der Waals surface area contributed by atoms with Crippen molar-refractivity contribution >= 4 is 11.9 Å². The van der Waals surface area contributed by atoms with Crippen molar-refractivity contribution in [3.63, 3.8) is 0 Å². The van der Waals surface area contributed by atoms with Crippen LogP contribution < -0.4 is 5.32 Å². The number of carbonyl (C=O) groups is 2. The third-order valence-corrected chi connectivity index (χ3v) is 13.6. The lowest BCUT2D eigenvalue weighted by atomic mass is 10.0. The van der Waals surface area contributed by atoms with Crippen molar-refractivity contribution in [2.75, 3.05) is 13.2 Å². The highest BCUT2D eigenvalue weighted by molar-refractivity contribution is 5.76. The third kappa shape index (κ3) is 50.0. The van der Waals surface area contributed by atoms with E-state index in [1.807, 2.05) is 0 Å². The van der Waals surface area contributed by atoms with Gasteiger partial charge in [0.2, 0.25) is 5.91 Å². The fraction of sp³-hybridized carbons (Fsp3) is 0.931. The van der Waals surface area contributed by atoms with Gasteiger partial charge in [-0.05, 0) is 44.9 Å². The molecule has 6 nitrogen and oxygen atoms in total. The lowest BCUT2D eigenvalue weighted by Gasteiger charge is -2.22. The molecule has 0 spiro atoms. The summed E-state index contributed by atoms with van der Waals surface area (Å²) in [5.74, 6) is -0.0346. The average Bonchev–Trinajstić information content (AvgIpc) is 3.29. The molecule has 0 aromatic rings. The fourth-order valence-electron chi connectivity index (χ4n) is 9.09. The summed E-state index contributed by atoms with van der Waals surface area (Å²) in [4.78, 5) is 24.5. The van der Waals surface area contributed by atoms with Gasteiger partial charge in [-0.25, -0.2) is 0 Å². The number of aliphatic hydroxyl groups excluding tert-OH is 2. The van der Waals surface area contributed by atoms with Gasteiger partial charge in [-0.1, -0.05) is 276 Å². The van der Waals surface area contributed by atoms with E-state index >= 15 is 0 Å². The lowest BCUT2D eigenvalue weighted by Crippen LogP contribution is -2.45. The smallest absolute Gasteiger partial charge is 0.305 e. The maximum absolute atomic E-state index is 12.5. The van der Waals surface area contributed by atoms with E-state index in [1.54, 1.807) is 0 Å². The van der Waals surface area contributed by atoms with Crippen LogP contribution in [0.2, 0.25) is 0 Å². The monoisotopic (exact) mass is 904 g/mol. The highest BCUT2D eigenvalue weighted by Crippen LogP contribution is 2.18. The Morgan fingerprint density at radius 1 is 0.422 bits per heavy atom. The van der Waals surface area contributed by atoms with Crippen LogP contribution in [0.5, 0.6) is 0 Å². The van der Waals surface area contributed by atoms with Crippen LogP contribution in [0, 0.1) is 0 Å². The van der Waals surface area contributed by atoms with Gasteiger partial charge in [0.15, 0.2) is 0 Å². The summed E-state index contributed by atoms with van der Waals surface area (Å²) in [7, 11) is 0. The third-order valence-electron chi connectivity index (χ3n) is 13.6. The van der Waals surface area contributed by atoms with Gasteiger partial charge in [-0.2, -0.15) is 0 Å². The van der Waals surface area contributed by atoms with Crippen LogP contribution in [0.3, 0.4) is 0 Å². The standard InChI is InChI=1S/C58H113NO5/c1-3-5-7-9-11-13-15-16-17-24-27-31-34-38-42-46-50-56(61)55(54-60)59-57(62)51-47-43-39-35-32-28-25-22-20-18-19-21-23-26-29-33-37-41-45-49-53-64-58(63)52-48-44-40-36-30-14-12-10-8-6-4-2/h10,12,55-56,60-61H,3-9,11,13-54H2,1-2H3,(H,59,62)/b12-10-. The molecule has 380 valence electrons. The second-order valence-corrected chi connectivity index (χ2v) is 20.0. The number of carbonyl (C=O) groups excluding carboxylic acids is 2. The Morgan fingerprint density at radius 2 is 0.750 bits per heavy atom. The first-order valence-electron chi connectivity index (χ1n) is 28.9. The number of nitrogens with one attached hydrogen (secondary N) is 1. The number of hydrogen-bond donors (Lipinski definition) is 3. The molecule has 0 saturated carbocycles. The van der Waals surface area contributed by atoms with Gasteiger partial charge in [0, 0.05) is 12.8 Å². The van der Waals surface area contributed by atoms with E-state index < -0.39 is 12.1 Å². The van der Waals surface area contributed by atoms with Crippen molar-refractivity contribution in [2.45, 2.75) is 334 Å². The molecule has 3 N–H and O–H groups in total. The minimum Gasteiger partial charge on any atom is -0.466 e. The molecule has 0 rings (SSSR count). The summed E-state index contributed by atoms with van der Waals surface area (Å²) in [6.07, 6.45) is 63.4. The summed E-state index contributed by atoms with van der Waals surface area (Å²) in [6, 6.07) is -0.542. The number of rotatable bonds is 54. The summed E-state index contributed by atoms with van der Waals surface area (Å²) < 4.78 is 5.45. The van der Waals surface area contributed by atoms with Crippen molar-refractivity contribution in [1.82, 2.24) is 5.32 Å². The highest BCUT2D eigenvalue weighted by Gasteiger charge is 2.20. The molecule has 0 aromatic carbocycles. The molecule has 0 aliphatic carbocycles. The summed E-state index contributed by atoms with van der Waals surface area (Å²) >= 11 is 0. The average molecular weight is 905 g/mol. The van der Waals surface area contributed by atoms with E-state index in [4.69, 9.17) is 4.74 Å². The van der Waals surface area contributed by atoms with E-state index in [0.29, 0.717) is 25.9 Å². The maximum atomic E-state index is 12.5. The molecule has 0 heterocycles. The number of ether oxygens (including phenoxy) is 1. The molecule has 0 radical (unpaired) electrons. The van der Waals surface area contributed by atoms with Crippen molar-refractivity contribution in [2.24, 2.45) is 0 Å². The van der Waals surface area contributed by atoms with E-state index in [1.165, 1.54) is 244 Å². The van der Waals surface area contributed by atoms with Crippen LogP contribution in [-0.4, -0.2) is 47.4 Å². The quantitative estimate of drug-likeness (QED) is 0.0321. The Labute approximate surface area is 399 Å². The van der Waals surface area contributed by atoms with Crippen molar-refractivity contribution in [3.8, 4) is 0 Å². The van der Waals surface area contributed by atoms with E-state index in [0.717, 1.165) is 44.9 Å². The molecule has 6 heteroatoms. The van der Waals surface area contributed by atoms with E-state index in [2.05, 4.69) is 31.3 Å². The van der Waals surface area contributed by atoms with Gasteiger partial charge in [0.25, 0.3) is 0 Å². The predicted molar refractivity (Wildman–Crippen MR) is 278 cm³/mol. The number of amides is 1. The first-order chi connectivity index (χ1) is 31.5. The van der Waals surface area contributed by atoms with E-state index in [9.17, 15) is 19.8 Å². The Bertz CT molecular complexity index is 955. The first kappa shape index (κ1) is 62.6. The number of allylic oxidation sites excluding steroid dienone is 2. The SMILES string of the molecule is CCCC/C=C\CCCCCCCC(=O)OCCCCCCCCCCCCCCCCCCCCCCC(=O)NC(CO)C(O)CCCCCCCCCCCCCCCCCC. The van der Waals surface area contributed by atoms with Crippen LogP contribution in [0.25, 0.3) is 0 Å². The highest BCUT2D eigenvalue weighted by atomic mass is 16.5. The minimum atomic E-state index is -0.665. The molecule has 2 unspecified atom stereocenters. The number of unbranched alkanes of at least 4 members (excludes halogenated alkanes) is 41. The number of esters is 1. The Hall–Kier alpha value is -1.40. The van der Waals surface area contributed by atoms with Crippen molar-refractivity contribution in [1.29, 1.82) is 0 Å². The number of hydrogen-bond acceptors (Lipinski definition) is 5. The van der Waals surface area contributed by atoms with Gasteiger partial charge < -0.3 is 20.3 Å². The molecule has 0 aliphatic heterocycles. The Balaban J connectivity index is 3.39. The molecule has 2 atom stereocenters. The molecule has 1 amide bonds. The van der Waals surface area contributed by atoms with E-state index in [-0.39, 0.29) is 18.5 Å². The van der Waals surface area contributed by atoms with Crippen LogP contribution in [0.4, 0.5) is 0 Å². The van der Waals surface area contributed by atoms with Crippen molar-refractivity contribution < 1.29 is 24.5 Å². The van der Waals surface area contributed by atoms with Crippen LogP contribution in [-0.2, 0) is 14.3 Å².